The Kier molecular flexibility index (Phi) is 6.67. The normalized spacial score (nSPS) is 18.1. The third-order valence-corrected chi connectivity index (χ3v) is 5.49. The molecule has 4 heteroatoms. The largest absolute Gasteiger partial charge is 0.491 e. The second-order valence-corrected chi connectivity index (χ2v) is 10.4. The van der Waals surface area contributed by atoms with Gasteiger partial charge in [-0.15, -0.1) is 0 Å². The van der Waals surface area contributed by atoms with Gasteiger partial charge in [0.2, 0.25) is 0 Å². The molecule has 30 heavy (non-hydrogen) atoms. The Labute approximate surface area is 181 Å². The first kappa shape index (κ1) is 22.1. The van der Waals surface area contributed by atoms with E-state index in [2.05, 4.69) is 57.5 Å². The van der Waals surface area contributed by atoms with Gasteiger partial charge in [0.1, 0.15) is 28.9 Å². The van der Waals surface area contributed by atoms with Gasteiger partial charge in [-0.1, -0.05) is 65.8 Å². The van der Waals surface area contributed by atoms with Crippen LogP contribution in [0.25, 0.3) is 0 Å². The minimum atomic E-state index is 0.122. The average molecular weight is 407 g/mol. The molecule has 0 radical (unpaired) electrons. The lowest BCUT2D eigenvalue weighted by Crippen LogP contribution is -2.38. The summed E-state index contributed by atoms with van der Waals surface area (Å²) in [5.41, 5.74) is 1.81. The van der Waals surface area contributed by atoms with Gasteiger partial charge in [-0.05, 0) is 47.4 Å². The highest BCUT2D eigenvalue weighted by molar-refractivity contribution is 5.64. The summed E-state index contributed by atoms with van der Waals surface area (Å²) < 4.78 is 12.6. The van der Waals surface area contributed by atoms with E-state index in [9.17, 15) is 0 Å². The van der Waals surface area contributed by atoms with Crippen molar-refractivity contribution in [2.45, 2.75) is 48.0 Å². The quantitative estimate of drug-likeness (QED) is 0.525. The second-order valence-electron chi connectivity index (χ2n) is 10.4. The van der Waals surface area contributed by atoms with Gasteiger partial charge < -0.3 is 9.47 Å². The molecule has 0 saturated heterocycles. The molecule has 1 heterocycles. The van der Waals surface area contributed by atoms with E-state index >= 15 is 0 Å². The molecule has 1 aliphatic heterocycles. The molecule has 2 aromatic rings. The van der Waals surface area contributed by atoms with Crippen LogP contribution in [0.5, 0.6) is 11.5 Å². The fraction of sp³-hybridized carbons (Fsp3) is 0.500. The molecular weight excluding hydrogens is 372 g/mol. The molecule has 0 saturated carbocycles. The van der Waals surface area contributed by atoms with Gasteiger partial charge in [-0.25, -0.2) is 0 Å². The number of para-hydroxylation sites is 4. The van der Waals surface area contributed by atoms with Gasteiger partial charge in [-0.3, -0.25) is 0 Å². The van der Waals surface area contributed by atoms with Crippen molar-refractivity contribution in [3.8, 4) is 11.5 Å². The second kappa shape index (κ2) is 9.06. The molecule has 1 aliphatic rings. The molecule has 0 amide bonds. The van der Waals surface area contributed by atoms with Crippen LogP contribution in [0.15, 0.2) is 58.5 Å². The van der Waals surface area contributed by atoms with E-state index in [0.29, 0.717) is 19.1 Å². The maximum Gasteiger partial charge on any atom is 0.145 e. The predicted octanol–water partition coefficient (Wildman–Crippen LogP) is 7.31. The zero-order valence-corrected chi connectivity index (χ0v) is 19.1. The topological polar surface area (TPSA) is 43.2 Å². The summed E-state index contributed by atoms with van der Waals surface area (Å²) in [5, 5.41) is 0. The van der Waals surface area contributed by atoms with E-state index in [4.69, 9.17) is 9.47 Å². The van der Waals surface area contributed by atoms with Crippen LogP contribution in [0.2, 0.25) is 0 Å². The summed E-state index contributed by atoms with van der Waals surface area (Å²) >= 11 is 0. The van der Waals surface area contributed by atoms with Gasteiger partial charge in [0, 0.05) is 5.92 Å². The monoisotopic (exact) mass is 406 g/mol. The van der Waals surface area contributed by atoms with Crippen molar-refractivity contribution in [1.29, 1.82) is 0 Å². The zero-order valence-electron chi connectivity index (χ0n) is 19.1. The van der Waals surface area contributed by atoms with Crippen molar-refractivity contribution < 1.29 is 9.47 Å². The van der Waals surface area contributed by atoms with E-state index in [1.54, 1.807) is 0 Å². The average Bonchev–Trinajstić information content (AvgIpc) is 2.66. The summed E-state index contributed by atoms with van der Waals surface area (Å²) in [4.78, 5) is 8.80. The molecule has 0 fully saturated rings. The first-order valence-electron chi connectivity index (χ1n) is 10.7. The Bertz CT molecular complexity index is 860. The third-order valence-electron chi connectivity index (χ3n) is 5.49. The minimum Gasteiger partial charge on any atom is -0.491 e. The minimum absolute atomic E-state index is 0.122. The van der Waals surface area contributed by atoms with Crippen molar-refractivity contribution in [1.82, 2.24) is 0 Å². The van der Waals surface area contributed by atoms with Crippen LogP contribution in [-0.4, -0.2) is 19.2 Å². The highest BCUT2D eigenvalue weighted by Crippen LogP contribution is 2.42. The lowest BCUT2D eigenvalue weighted by atomic mass is 9.67. The standard InChI is InChI=1S/C26H34N2O2/c1-25(2,3)15-20(26(4,5)6)19-16-29-23-13-9-7-11-21(23)27-18-28-22-12-8-10-14-24(22)30-17-19/h7-14,19-20H,15-17H2,1-6H3. The third kappa shape index (κ3) is 5.96. The molecule has 160 valence electrons. The van der Waals surface area contributed by atoms with Gasteiger partial charge in [0.15, 0.2) is 0 Å². The van der Waals surface area contributed by atoms with Gasteiger partial charge in [0.25, 0.3) is 0 Å². The molecule has 0 aliphatic carbocycles. The lowest BCUT2D eigenvalue weighted by Gasteiger charge is -2.40. The fourth-order valence-corrected chi connectivity index (χ4v) is 3.99. The van der Waals surface area contributed by atoms with E-state index < -0.39 is 0 Å². The van der Waals surface area contributed by atoms with Crippen molar-refractivity contribution in [2.75, 3.05) is 13.2 Å². The molecular formula is C26H34N2O2. The molecule has 1 unspecified atom stereocenters. The van der Waals surface area contributed by atoms with Crippen LogP contribution in [-0.2, 0) is 0 Å². The van der Waals surface area contributed by atoms with E-state index in [0.717, 1.165) is 29.3 Å². The summed E-state index contributed by atoms with van der Waals surface area (Å²) in [6, 6.07) is 18.4. The van der Waals surface area contributed by atoms with Crippen LogP contribution >= 0.6 is 0 Å². The number of hydrogen-bond donors (Lipinski definition) is 0. The molecule has 0 N–H and O–H groups in total. The zero-order chi connectivity index (χ0) is 21.8. The molecule has 0 spiro atoms. The molecule has 2 aromatic carbocycles. The summed E-state index contributed by atoms with van der Waals surface area (Å²) in [7, 11) is 0. The van der Waals surface area contributed by atoms with Crippen LogP contribution < -0.4 is 9.47 Å². The van der Waals surface area contributed by atoms with Crippen molar-refractivity contribution in [3.63, 3.8) is 0 Å². The summed E-state index contributed by atoms with van der Waals surface area (Å²) in [6.07, 6.45) is 1.09. The summed E-state index contributed by atoms with van der Waals surface area (Å²) in [5.74, 6) is 2.15. The smallest absolute Gasteiger partial charge is 0.145 e. The lowest BCUT2D eigenvalue weighted by molar-refractivity contribution is 0.0418. The van der Waals surface area contributed by atoms with Gasteiger partial charge in [-0.2, -0.15) is 9.98 Å². The maximum absolute atomic E-state index is 6.30. The molecule has 0 aromatic heterocycles. The van der Waals surface area contributed by atoms with Crippen molar-refractivity contribution >= 4 is 17.4 Å². The Hall–Kier alpha value is -2.58. The Morgan fingerprint density at radius 3 is 1.73 bits per heavy atom. The van der Waals surface area contributed by atoms with Gasteiger partial charge in [0.05, 0.1) is 13.2 Å². The predicted molar refractivity (Wildman–Crippen MR) is 124 cm³/mol. The van der Waals surface area contributed by atoms with Crippen LogP contribution in [0.4, 0.5) is 11.4 Å². The Morgan fingerprint density at radius 1 is 0.833 bits per heavy atom. The Morgan fingerprint density at radius 2 is 1.30 bits per heavy atom. The van der Waals surface area contributed by atoms with Crippen LogP contribution in [0.1, 0.15) is 48.0 Å². The molecule has 1 atom stereocenters. The highest BCUT2D eigenvalue weighted by Gasteiger charge is 2.36. The SMILES string of the molecule is CC(C)(C)CC(C1COc2ccccc2N=C=Nc2ccccc2OC1)C(C)(C)C. The van der Waals surface area contributed by atoms with Gasteiger partial charge >= 0.3 is 0 Å². The number of nitrogens with zero attached hydrogens (tertiary/aromatic N) is 2. The molecule has 3 rings (SSSR count). The highest BCUT2D eigenvalue weighted by atomic mass is 16.5. The van der Waals surface area contributed by atoms with E-state index in [1.165, 1.54) is 0 Å². The van der Waals surface area contributed by atoms with Crippen LogP contribution in [0.3, 0.4) is 0 Å². The number of fused-ring (bicyclic) bond motifs is 2. The molecule has 4 nitrogen and oxygen atoms in total. The number of hydrogen-bond acceptors (Lipinski definition) is 4. The maximum atomic E-state index is 6.30. The van der Waals surface area contributed by atoms with Crippen LogP contribution in [0, 0.1) is 22.7 Å². The Balaban J connectivity index is 2.02. The summed E-state index contributed by atoms with van der Waals surface area (Å²) in [6.45, 7) is 15.0. The number of ether oxygens (including phenoxy) is 2. The first-order chi connectivity index (χ1) is 14.1. The fourth-order valence-electron chi connectivity index (χ4n) is 3.99. The number of aliphatic imine (C=N–C) groups is 2. The van der Waals surface area contributed by atoms with Crippen molar-refractivity contribution in [2.24, 2.45) is 32.7 Å². The number of rotatable bonds is 2. The van der Waals surface area contributed by atoms with E-state index in [-0.39, 0.29) is 16.7 Å². The first-order valence-corrected chi connectivity index (χ1v) is 10.7. The number of benzene rings is 2. The van der Waals surface area contributed by atoms with E-state index in [1.807, 2.05) is 48.5 Å². The van der Waals surface area contributed by atoms with Crippen molar-refractivity contribution in [3.05, 3.63) is 48.5 Å². The molecule has 0 bridgehead atoms.